The summed E-state index contributed by atoms with van der Waals surface area (Å²) in [6.07, 6.45) is 0.152. The molecule has 0 aromatic heterocycles. The third-order valence-electron chi connectivity index (χ3n) is 1.26. The minimum atomic E-state index is -0.884. The molecule has 0 rings (SSSR count). The van der Waals surface area contributed by atoms with Crippen LogP contribution in [0.25, 0.3) is 0 Å². The van der Waals surface area contributed by atoms with Crippen LogP contribution in [0.4, 0.5) is 0 Å². The Balaban J connectivity index is 4.15. The topological polar surface area (TPSA) is 52.6 Å². The SMILES string of the molecule is [CH2]CC(C(=O)OC)C(=O)OC. The fraction of sp³-hybridized carbons (Fsp3) is 0.571. The Bertz CT molecular complexity index is 137. The summed E-state index contributed by atoms with van der Waals surface area (Å²) in [6, 6.07) is 0. The van der Waals surface area contributed by atoms with E-state index in [9.17, 15) is 9.59 Å². The maximum absolute atomic E-state index is 10.8. The van der Waals surface area contributed by atoms with E-state index in [-0.39, 0.29) is 6.42 Å². The zero-order chi connectivity index (χ0) is 8.85. The molecule has 0 bridgehead atoms. The number of carbonyl (C=O) groups excluding carboxylic acids is 2. The van der Waals surface area contributed by atoms with Gasteiger partial charge in [0.2, 0.25) is 0 Å². The second-order valence-corrected chi connectivity index (χ2v) is 1.89. The Kier molecular flexibility index (Phi) is 4.26. The lowest BCUT2D eigenvalue weighted by Gasteiger charge is -2.08. The molecule has 0 unspecified atom stereocenters. The Hall–Kier alpha value is -1.06. The molecule has 0 saturated heterocycles. The standard InChI is InChI=1S/C7H11O4/c1-4-5(6(8)10-2)7(9)11-3/h5H,1,4H2,2-3H3. The molecule has 63 valence electrons. The van der Waals surface area contributed by atoms with Crippen LogP contribution in [0, 0.1) is 12.8 Å². The predicted molar refractivity (Wildman–Crippen MR) is 37.5 cm³/mol. The van der Waals surface area contributed by atoms with E-state index >= 15 is 0 Å². The maximum Gasteiger partial charge on any atom is 0.320 e. The van der Waals surface area contributed by atoms with Gasteiger partial charge < -0.3 is 9.47 Å². The van der Waals surface area contributed by atoms with E-state index in [0.717, 1.165) is 0 Å². The maximum atomic E-state index is 10.8. The number of carbonyl (C=O) groups is 2. The van der Waals surface area contributed by atoms with Crippen molar-refractivity contribution in [2.24, 2.45) is 5.92 Å². The van der Waals surface area contributed by atoms with Gasteiger partial charge in [0.05, 0.1) is 14.2 Å². The van der Waals surface area contributed by atoms with Gasteiger partial charge in [-0.1, -0.05) is 6.92 Å². The second kappa shape index (κ2) is 4.71. The summed E-state index contributed by atoms with van der Waals surface area (Å²) in [7, 11) is 2.43. The first-order valence-corrected chi connectivity index (χ1v) is 3.12. The van der Waals surface area contributed by atoms with Crippen LogP contribution in [0.15, 0.2) is 0 Å². The molecular formula is C7H11O4. The summed E-state index contributed by atoms with van der Waals surface area (Å²) in [6.45, 7) is 3.42. The lowest BCUT2D eigenvalue weighted by molar-refractivity contribution is -0.158. The van der Waals surface area contributed by atoms with Gasteiger partial charge in [0.1, 0.15) is 0 Å². The number of ether oxygens (including phenoxy) is 2. The molecule has 0 aliphatic heterocycles. The van der Waals surface area contributed by atoms with Gasteiger partial charge >= 0.3 is 11.9 Å². The van der Waals surface area contributed by atoms with Crippen molar-refractivity contribution in [3.05, 3.63) is 6.92 Å². The van der Waals surface area contributed by atoms with Crippen molar-refractivity contribution < 1.29 is 19.1 Å². The van der Waals surface area contributed by atoms with E-state index in [2.05, 4.69) is 16.4 Å². The van der Waals surface area contributed by atoms with Gasteiger partial charge in [-0.3, -0.25) is 9.59 Å². The molecule has 4 nitrogen and oxygen atoms in total. The normalized spacial score (nSPS) is 9.45. The van der Waals surface area contributed by atoms with Crippen molar-refractivity contribution in [2.45, 2.75) is 6.42 Å². The van der Waals surface area contributed by atoms with Gasteiger partial charge in [-0.15, -0.1) is 0 Å². The molecule has 0 amide bonds. The summed E-state index contributed by atoms with van der Waals surface area (Å²) in [5.74, 6) is -2.09. The zero-order valence-corrected chi connectivity index (χ0v) is 6.62. The van der Waals surface area contributed by atoms with Crippen LogP contribution >= 0.6 is 0 Å². The van der Waals surface area contributed by atoms with Gasteiger partial charge in [0, 0.05) is 0 Å². The first kappa shape index (κ1) is 9.94. The molecular weight excluding hydrogens is 148 g/mol. The first-order valence-electron chi connectivity index (χ1n) is 3.12. The van der Waals surface area contributed by atoms with Crippen molar-refractivity contribution in [3.63, 3.8) is 0 Å². The summed E-state index contributed by atoms with van der Waals surface area (Å²) < 4.78 is 8.69. The number of methoxy groups -OCH3 is 2. The fourth-order valence-electron chi connectivity index (χ4n) is 0.616. The van der Waals surface area contributed by atoms with Crippen LogP contribution < -0.4 is 0 Å². The molecule has 0 atom stereocenters. The Morgan fingerprint density at radius 2 is 1.64 bits per heavy atom. The predicted octanol–water partition coefficient (Wildman–Crippen LogP) is 0.173. The molecule has 0 heterocycles. The summed E-state index contributed by atoms with van der Waals surface area (Å²) in [5.41, 5.74) is 0. The minimum absolute atomic E-state index is 0.152. The number of rotatable bonds is 3. The smallest absolute Gasteiger partial charge is 0.320 e. The third-order valence-corrected chi connectivity index (χ3v) is 1.26. The molecule has 11 heavy (non-hydrogen) atoms. The molecule has 0 aromatic carbocycles. The van der Waals surface area contributed by atoms with Crippen LogP contribution in [0.5, 0.6) is 0 Å². The van der Waals surface area contributed by atoms with Crippen molar-refractivity contribution in [3.8, 4) is 0 Å². The van der Waals surface area contributed by atoms with E-state index in [1.165, 1.54) is 14.2 Å². The van der Waals surface area contributed by atoms with E-state index in [1.807, 2.05) is 0 Å². The van der Waals surface area contributed by atoms with Gasteiger partial charge in [0.15, 0.2) is 5.92 Å². The van der Waals surface area contributed by atoms with E-state index < -0.39 is 17.9 Å². The third kappa shape index (κ3) is 2.57. The second-order valence-electron chi connectivity index (χ2n) is 1.89. The summed E-state index contributed by atoms with van der Waals surface area (Å²) in [5, 5.41) is 0. The van der Waals surface area contributed by atoms with Crippen LogP contribution in [-0.4, -0.2) is 26.2 Å². The average molecular weight is 159 g/mol. The Morgan fingerprint density at radius 1 is 1.27 bits per heavy atom. The highest BCUT2D eigenvalue weighted by Gasteiger charge is 2.25. The number of hydrogen-bond acceptors (Lipinski definition) is 4. The van der Waals surface area contributed by atoms with Gasteiger partial charge in [0.25, 0.3) is 0 Å². The van der Waals surface area contributed by atoms with E-state index in [1.54, 1.807) is 0 Å². The zero-order valence-electron chi connectivity index (χ0n) is 6.62. The highest BCUT2D eigenvalue weighted by molar-refractivity contribution is 5.94. The van der Waals surface area contributed by atoms with Crippen LogP contribution in [0.3, 0.4) is 0 Å². The van der Waals surface area contributed by atoms with Crippen molar-refractivity contribution in [2.75, 3.05) is 14.2 Å². The van der Waals surface area contributed by atoms with Crippen molar-refractivity contribution in [1.29, 1.82) is 0 Å². The summed E-state index contributed by atoms with van der Waals surface area (Å²) >= 11 is 0. The average Bonchev–Trinajstić information content (AvgIpc) is 2.05. The monoisotopic (exact) mass is 159 g/mol. The fourth-order valence-corrected chi connectivity index (χ4v) is 0.616. The summed E-state index contributed by atoms with van der Waals surface area (Å²) in [4.78, 5) is 21.6. The van der Waals surface area contributed by atoms with Gasteiger partial charge in [-0.25, -0.2) is 0 Å². The molecule has 0 spiro atoms. The molecule has 0 N–H and O–H groups in total. The van der Waals surface area contributed by atoms with Crippen molar-refractivity contribution in [1.82, 2.24) is 0 Å². The molecule has 0 aliphatic carbocycles. The van der Waals surface area contributed by atoms with E-state index in [0.29, 0.717) is 0 Å². The minimum Gasteiger partial charge on any atom is -0.468 e. The van der Waals surface area contributed by atoms with Gasteiger partial charge in [-0.05, 0) is 6.42 Å². The Labute approximate surface area is 65.5 Å². The lowest BCUT2D eigenvalue weighted by Crippen LogP contribution is -2.25. The number of hydrogen-bond donors (Lipinski definition) is 0. The van der Waals surface area contributed by atoms with Crippen LogP contribution in [0.2, 0.25) is 0 Å². The van der Waals surface area contributed by atoms with Crippen LogP contribution in [0.1, 0.15) is 6.42 Å². The highest BCUT2D eigenvalue weighted by atomic mass is 16.5. The quantitative estimate of drug-likeness (QED) is 0.435. The first-order chi connectivity index (χ1) is 5.17. The molecule has 0 fully saturated rings. The molecule has 0 aliphatic rings. The number of esters is 2. The lowest BCUT2D eigenvalue weighted by atomic mass is 10.1. The highest BCUT2D eigenvalue weighted by Crippen LogP contribution is 2.05. The largest absolute Gasteiger partial charge is 0.468 e. The van der Waals surface area contributed by atoms with Gasteiger partial charge in [-0.2, -0.15) is 0 Å². The Morgan fingerprint density at radius 3 is 1.82 bits per heavy atom. The van der Waals surface area contributed by atoms with Crippen LogP contribution in [-0.2, 0) is 19.1 Å². The molecule has 1 radical (unpaired) electrons. The van der Waals surface area contributed by atoms with Crippen molar-refractivity contribution >= 4 is 11.9 Å². The molecule has 0 aromatic rings. The molecule has 0 saturated carbocycles. The van der Waals surface area contributed by atoms with E-state index in [4.69, 9.17) is 0 Å². The molecule has 4 heteroatoms.